The molecule has 2 aliphatic rings. The molecular formula is C13H23NO3. The fraction of sp³-hybridized carbons (Fsp3) is 0.923. The number of aliphatic hydroxyl groups excluding tert-OH is 1. The number of ether oxygens (including phenoxy) is 1. The van der Waals surface area contributed by atoms with Crippen molar-refractivity contribution in [2.75, 3.05) is 6.61 Å². The van der Waals surface area contributed by atoms with Crippen LogP contribution in [-0.4, -0.2) is 29.4 Å². The summed E-state index contributed by atoms with van der Waals surface area (Å²) in [6, 6.07) is 0.248. The lowest BCUT2D eigenvalue weighted by atomic mass is 9.86. The molecule has 2 bridgehead atoms. The van der Waals surface area contributed by atoms with Crippen LogP contribution in [0.15, 0.2) is 0 Å². The lowest BCUT2D eigenvalue weighted by molar-refractivity contribution is 0.0476. The third kappa shape index (κ3) is 2.92. The summed E-state index contributed by atoms with van der Waals surface area (Å²) in [5.74, 6) is 1.58. The molecule has 0 unspecified atom stereocenters. The van der Waals surface area contributed by atoms with Gasteiger partial charge in [-0.05, 0) is 57.8 Å². The second kappa shape index (κ2) is 4.48. The molecular weight excluding hydrogens is 218 g/mol. The minimum Gasteiger partial charge on any atom is -0.444 e. The maximum Gasteiger partial charge on any atom is 0.407 e. The maximum atomic E-state index is 11.7. The quantitative estimate of drug-likeness (QED) is 0.776. The van der Waals surface area contributed by atoms with Crippen molar-refractivity contribution >= 4 is 6.09 Å². The van der Waals surface area contributed by atoms with Crippen molar-refractivity contribution in [3.8, 4) is 0 Å². The SMILES string of the molecule is CC(C)(C)OC(=O)N[C@@H]1C[C@@H]2C[C@H]1C[C@@H]2CO. The predicted octanol–water partition coefficient (Wildman–Crippen LogP) is 1.92. The first kappa shape index (κ1) is 12.7. The zero-order valence-corrected chi connectivity index (χ0v) is 10.9. The smallest absolute Gasteiger partial charge is 0.407 e. The van der Waals surface area contributed by atoms with Gasteiger partial charge in [0.1, 0.15) is 5.60 Å². The summed E-state index contributed by atoms with van der Waals surface area (Å²) < 4.78 is 5.26. The Morgan fingerprint density at radius 2 is 2.00 bits per heavy atom. The lowest BCUT2D eigenvalue weighted by Gasteiger charge is -2.28. The second-order valence-electron chi connectivity index (χ2n) is 6.42. The molecule has 0 aromatic carbocycles. The first-order valence-electron chi connectivity index (χ1n) is 6.49. The lowest BCUT2D eigenvalue weighted by Crippen LogP contribution is -2.42. The molecule has 0 radical (unpaired) electrons. The third-order valence-electron chi connectivity index (χ3n) is 3.94. The van der Waals surface area contributed by atoms with Crippen molar-refractivity contribution in [3.05, 3.63) is 0 Å². The standard InChI is InChI=1S/C13H23NO3/c1-13(2,3)17-12(16)14-11-6-8-4-9(11)5-10(8)7-15/h8-11,15H,4-7H2,1-3H3,(H,14,16)/t8-,9-,10+,11+/m0/s1. The minimum absolute atomic E-state index is 0.248. The van der Waals surface area contributed by atoms with E-state index in [-0.39, 0.29) is 12.1 Å². The molecule has 4 nitrogen and oxygen atoms in total. The molecule has 1 amide bonds. The van der Waals surface area contributed by atoms with Gasteiger partial charge in [0.25, 0.3) is 0 Å². The Morgan fingerprint density at radius 1 is 1.29 bits per heavy atom. The summed E-state index contributed by atoms with van der Waals surface area (Å²) in [5.41, 5.74) is -0.435. The van der Waals surface area contributed by atoms with E-state index >= 15 is 0 Å². The van der Waals surface area contributed by atoms with Gasteiger partial charge in [-0.1, -0.05) is 0 Å². The van der Waals surface area contributed by atoms with Gasteiger partial charge in [0.2, 0.25) is 0 Å². The Morgan fingerprint density at radius 3 is 2.47 bits per heavy atom. The van der Waals surface area contributed by atoms with E-state index in [0.29, 0.717) is 24.4 Å². The van der Waals surface area contributed by atoms with Crippen molar-refractivity contribution < 1.29 is 14.6 Å². The van der Waals surface area contributed by atoms with Crippen molar-refractivity contribution in [1.29, 1.82) is 0 Å². The van der Waals surface area contributed by atoms with Crippen molar-refractivity contribution in [1.82, 2.24) is 5.32 Å². The van der Waals surface area contributed by atoms with E-state index in [1.54, 1.807) is 0 Å². The van der Waals surface area contributed by atoms with Crippen LogP contribution in [0.1, 0.15) is 40.0 Å². The predicted molar refractivity (Wildman–Crippen MR) is 64.6 cm³/mol. The molecule has 0 saturated heterocycles. The van der Waals surface area contributed by atoms with Crippen molar-refractivity contribution in [2.24, 2.45) is 17.8 Å². The number of fused-ring (bicyclic) bond motifs is 2. The highest BCUT2D eigenvalue weighted by molar-refractivity contribution is 5.68. The summed E-state index contributed by atoms with van der Waals surface area (Å²) in [7, 11) is 0. The van der Waals surface area contributed by atoms with Gasteiger partial charge in [0.05, 0.1) is 0 Å². The van der Waals surface area contributed by atoms with E-state index in [4.69, 9.17) is 4.74 Å². The fourth-order valence-corrected chi connectivity index (χ4v) is 3.25. The number of hydrogen-bond donors (Lipinski definition) is 2. The average molecular weight is 241 g/mol. The van der Waals surface area contributed by atoms with Gasteiger partial charge in [-0.2, -0.15) is 0 Å². The molecule has 2 saturated carbocycles. The van der Waals surface area contributed by atoms with Crippen molar-refractivity contribution in [2.45, 2.75) is 51.7 Å². The average Bonchev–Trinajstić information content (AvgIpc) is 2.72. The highest BCUT2D eigenvalue weighted by Crippen LogP contribution is 2.48. The van der Waals surface area contributed by atoms with Gasteiger partial charge in [-0.25, -0.2) is 4.79 Å². The van der Waals surface area contributed by atoms with Crippen LogP contribution in [0.4, 0.5) is 4.79 Å². The third-order valence-corrected chi connectivity index (χ3v) is 3.94. The molecule has 98 valence electrons. The number of nitrogens with one attached hydrogen (secondary N) is 1. The molecule has 0 spiro atoms. The number of aliphatic hydroxyl groups is 1. The highest BCUT2D eigenvalue weighted by atomic mass is 16.6. The molecule has 2 fully saturated rings. The molecule has 0 heterocycles. The highest BCUT2D eigenvalue weighted by Gasteiger charge is 2.46. The second-order valence-corrected chi connectivity index (χ2v) is 6.42. The van der Waals surface area contributed by atoms with Crippen LogP contribution in [0, 0.1) is 17.8 Å². The van der Waals surface area contributed by atoms with Crippen LogP contribution < -0.4 is 5.32 Å². The maximum absolute atomic E-state index is 11.7. The zero-order chi connectivity index (χ0) is 12.6. The number of rotatable bonds is 2. The summed E-state index contributed by atoms with van der Waals surface area (Å²) in [6.45, 7) is 5.90. The number of carbonyl (C=O) groups is 1. The van der Waals surface area contributed by atoms with Gasteiger partial charge in [-0.3, -0.25) is 0 Å². The van der Waals surface area contributed by atoms with E-state index < -0.39 is 5.60 Å². The van der Waals surface area contributed by atoms with E-state index in [2.05, 4.69) is 5.32 Å². The van der Waals surface area contributed by atoms with E-state index in [1.165, 1.54) is 0 Å². The first-order chi connectivity index (χ1) is 7.89. The van der Waals surface area contributed by atoms with Crippen LogP contribution in [0.2, 0.25) is 0 Å². The largest absolute Gasteiger partial charge is 0.444 e. The number of carbonyl (C=O) groups excluding carboxylic acids is 1. The number of alkyl carbamates (subject to hydrolysis) is 1. The van der Waals surface area contributed by atoms with Gasteiger partial charge >= 0.3 is 6.09 Å². The fourth-order valence-electron chi connectivity index (χ4n) is 3.25. The minimum atomic E-state index is -0.435. The molecule has 0 aromatic rings. The van der Waals surface area contributed by atoms with Gasteiger partial charge in [0, 0.05) is 12.6 Å². The van der Waals surface area contributed by atoms with Crippen LogP contribution in [0.3, 0.4) is 0 Å². The molecule has 2 rings (SSSR count). The molecule has 2 aliphatic carbocycles. The normalized spacial score (nSPS) is 36.0. The van der Waals surface area contributed by atoms with Crippen LogP contribution >= 0.6 is 0 Å². The summed E-state index contributed by atoms with van der Waals surface area (Å²) in [4.78, 5) is 11.7. The van der Waals surface area contributed by atoms with E-state index in [1.807, 2.05) is 20.8 Å². The van der Waals surface area contributed by atoms with Crippen molar-refractivity contribution in [3.63, 3.8) is 0 Å². The van der Waals surface area contributed by atoms with E-state index in [9.17, 15) is 9.90 Å². The van der Waals surface area contributed by atoms with Gasteiger partial charge < -0.3 is 15.2 Å². The first-order valence-corrected chi connectivity index (χ1v) is 6.49. The summed E-state index contributed by atoms with van der Waals surface area (Å²) in [6.07, 6.45) is 2.87. The summed E-state index contributed by atoms with van der Waals surface area (Å²) >= 11 is 0. The molecule has 0 aromatic heterocycles. The van der Waals surface area contributed by atoms with Crippen LogP contribution in [-0.2, 0) is 4.74 Å². The molecule has 4 atom stereocenters. The molecule has 17 heavy (non-hydrogen) atoms. The Labute approximate surface area is 103 Å². The molecule has 4 heteroatoms. The topological polar surface area (TPSA) is 58.6 Å². The molecule has 0 aliphatic heterocycles. The Bertz CT molecular complexity index is 298. The Balaban J connectivity index is 1.81. The zero-order valence-electron chi connectivity index (χ0n) is 10.9. The Hall–Kier alpha value is -0.770. The van der Waals surface area contributed by atoms with E-state index in [0.717, 1.165) is 19.3 Å². The number of amides is 1. The number of hydrogen-bond acceptors (Lipinski definition) is 3. The summed E-state index contributed by atoms with van der Waals surface area (Å²) in [5, 5.41) is 12.2. The van der Waals surface area contributed by atoms with Crippen LogP contribution in [0.5, 0.6) is 0 Å². The van der Waals surface area contributed by atoms with Gasteiger partial charge in [0.15, 0.2) is 0 Å². The van der Waals surface area contributed by atoms with Crippen LogP contribution in [0.25, 0.3) is 0 Å². The molecule has 2 N–H and O–H groups in total. The monoisotopic (exact) mass is 241 g/mol. The Kier molecular flexibility index (Phi) is 3.34. The van der Waals surface area contributed by atoms with Gasteiger partial charge in [-0.15, -0.1) is 0 Å².